The molecule has 0 atom stereocenters. The summed E-state index contributed by atoms with van der Waals surface area (Å²) in [6.45, 7) is 0. The van der Waals surface area contributed by atoms with E-state index in [1.165, 1.54) is 0 Å². The summed E-state index contributed by atoms with van der Waals surface area (Å²) in [6, 6.07) is 7.89. The summed E-state index contributed by atoms with van der Waals surface area (Å²) < 4.78 is 0. The minimum absolute atomic E-state index is 0.703. The number of fused-ring (bicyclic) bond motifs is 1. The maximum absolute atomic E-state index is 5.84. The molecule has 0 saturated heterocycles. The lowest BCUT2D eigenvalue weighted by molar-refractivity contribution is 1.38. The summed E-state index contributed by atoms with van der Waals surface area (Å²) in [6.07, 6.45) is 1.75. The molecule has 0 unspecified atom stereocenters. The Bertz CT molecular complexity index is 440. The van der Waals surface area contributed by atoms with E-state index in [-0.39, 0.29) is 0 Å². The van der Waals surface area contributed by atoms with Crippen molar-refractivity contribution in [2.45, 2.75) is 5.75 Å². The van der Waals surface area contributed by atoms with Gasteiger partial charge in [0.25, 0.3) is 0 Å². The Morgan fingerprint density at radius 1 is 1.38 bits per heavy atom. The van der Waals surface area contributed by atoms with Crippen molar-refractivity contribution in [1.29, 1.82) is 0 Å². The average molecular weight is 190 g/mol. The summed E-state index contributed by atoms with van der Waals surface area (Å²) in [4.78, 5) is 4.21. The summed E-state index contributed by atoms with van der Waals surface area (Å²) in [5.41, 5.74) is 8.56. The monoisotopic (exact) mass is 190 g/mol. The van der Waals surface area contributed by atoms with E-state index in [9.17, 15) is 0 Å². The van der Waals surface area contributed by atoms with Gasteiger partial charge in [-0.15, -0.1) is 0 Å². The van der Waals surface area contributed by atoms with Gasteiger partial charge in [0.1, 0.15) is 0 Å². The van der Waals surface area contributed by atoms with Gasteiger partial charge in [0.05, 0.1) is 11.2 Å². The van der Waals surface area contributed by atoms with Crippen molar-refractivity contribution in [3.05, 3.63) is 36.0 Å². The van der Waals surface area contributed by atoms with Gasteiger partial charge in [-0.2, -0.15) is 12.6 Å². The molecule has 3 heteroatoms. The quantitative estimate of drug-likeness (QED) is 0.534. The van der Waals surface area contributed by atoms with Crippen molar-refractivity contribution in [2.24, 2.45) is 0 Å². The predicted octanol–water partition coefficient (Wildman–Crippen LogP) is 2.25. The van der Waals surface area contributed by atoms with Crippen LogP contribution in [0.3, 0.4) is 0 Å². The van der Waals surface area contributed by atoms with Crippen LogP contribution in [0.2, 0.25) is 0 Å². The lowest BCUT2D eigenvalue weighted by Gasteiger charge is -2.03. The van der Waals surface area contributed by atoms with Crippen LogP contribution in [0, 0.1) is 0 Å². The number of thiol groups is 1. The molecule has 0 aliphatic carbocycles. The Balaban J connectivity index is 2.77. The molecule has 1 heterocycles. The number of nitrogens with two attached hydrogens (primary N) is 1. The van der Waals surface area contributed by atoms with E-state index in [1.54, 1.807) is 6.20 Å². The summed E-state index contributed by atoms with van der Waals surface area (Å²) >= 11 is 4.21. The van der Waals surface area contributed by atoms with Crippen molar-refractivity contribution < 1.29 is 0 Å². The standard InChI is InChI=1S/C10H10N2S/c11-9-5-7(6-13)4-8-2-1-3-12-10(8)9/h1-5,13H,6,11H2. The van der Waals surface area contributed by atoms with Crippen molar-refractivity contribution in [1.82, 2.24) is 4.98 Å². The molecule has 0 aliphatic rings. The number of hydrogen-bond acceptors (Lipinski definition) is 3. The van der Waals surface area contributed by atoms with E-state index >= 15 is 0 Å². The zero-order chi connectivity index (χ0) is 9.26. The minimum Gasteiger partial charge on any atom is -0.397 e. The first kappa shape index (κ1) is 8.38. The van der Waals surface area contributed by atoms with E-state index in [0.29, 0.717) is 5.75 Å². The molecule has 0 bridgehead atoms. The Labute approximate surface area is 82.2 Å². The third-order valence-electron chi connectivity index (χ3n) is 1.98. The van der Waals surface area contributed by atoms with Crippen LogP contribution in [0.4, 0.5) is 5.69 Å². The highest BCUT2D eigenvalue weighted by Gasteiger charge is 2.00. The highest BCUT2D eigenvalue weighted by Crippen LogP contribution is 2.21. The van der Waals surface area contributed by atoms with Crippen molar-refractivity contribution in [3.63, 3.8) is 0 Å². The predicted molar refractivity (Wildman–Crippen MR) is 58.8 cm³/mol. The van der Waals surface area contributed by atoms with Crippen molar-refractivity contribution in [3.8, 4) is 0 Å². The number of benzene rings is 1. The molecule has 0 fully saturated rings. The van der Waals surface area contributed by atoms with Crippen LogP contribution in [0.5, 0.6) is 0 Å². The van der Waals surface area contributed by atoms with Gasteiger partial charge in [0, 0.05) is 17.3 Å². The molecule has 0 aliphatic heterocycles. The fourth-order valence-electron chi connectivity index (χ4n) is 1.38. The molecule has 13 heavy (non-hydrogen) atoms. The smallest absolute Gasteiger partial charge is 0.0931 e. The normalized spacial score (nSPS) is 10.5. The molecule has 0 radical (unpaired) electrons. The van der Waals surface area contributed by atoms with Gasteiger partial charge in [-0.05, 0) is 23.8 Å². The Kier molecular flexibility index (Phi) is 2.10. The molecule has 0 amide bonds. The lowest BCUT2D eigenvalue weighted by atomic mass is 10.1. The van der Waals surface area contributed by atoms with Gasteiger partial charge in [0.15, 0.2) is 0 Å². The fourth-order valence-corrected chi connectivity index (χ4v) is 1.56. The number of pyridine rings is 1. The Morgan fingerprint density at radius 3 is 3.00 bits per heavy atom. The number of nitrogen functional groups attached to an aromatic ring is 1. The maximum atomic E-state index is 5.84. The van der Waals surface area contributed by atoms with Crippen LogP contribution >= 0.6 is 12.6 Å². The van der Waals surface area contributed by atoms with Gasteiger partial charge in [-0.3, -0.25) is 4.98 Å². The first-order chi connectivity index (χ1) is 6.31. The third-order valence-corrected chi connectivity index (χ3v) is 2.34. The van der Waals surface area contributed by atoms with E-state index in [0.717, 1.165) is 22.2 Å². The summed E-state index contributed by atoms with van der Waals surface area (Å²) in [5, 5.41) is 1.08. The third kappa shape index (κ3) is 1.47. The van der Waals surface area contributed by atoms with Crippen LogP contribution in [-0.4, -0.2) is 4.98 Å². The van der Waals surface area contributed by atoms with Gasteiger partial charge < -0.3 is 5.73 Å². The van der Waals surface area contributed by atoms with E-state index in [1.807, 2.05) is 18.2 Å². The molecular formula is C10H10N2S. The van der Waals surface area contributed by atoms with E-state index in [4.69, 9.17) is 5.73 Å². The SMILES string of the molecule is Nc1cc(CS)cc2cccnc12. The molecule has 0 saturated carbocycles. The average Bonchev–Trinajstić information content (AvgIpc) is 2.18. The number of aromatic nitrogens is 1. The molecule has 1 aromatic carbocycles. The lowest BCUT2D eigenvalue weighted by Crippen LogP contribution is -1.91. The van der Waals surface area contributed by atoms with E-state index < -0.39 is 0 Å². The van der Waals surface area contributed by atoms with Crippen molar-refractivity contribution >= 4 is 29.2 Å². The number of hydrogen-bond donors (Lipinski definition) is 2. The van der Waals surface area contributed by atoms with Crippen LogP contribution < -0.4 is 5.73 Å². The van der Waals surface area contributed by atoms with Crippen LogP contribution in [0.25, 0.3) is 10.9 Å². The summed E-state index contributed by atoms with van der Waals surface area (Å²) in [7, 11) is 0. The summed E-state index contributed by atoms with van der Waals surface area (Å²) in [5.74, 6) is 0.703. The zero-order valence-electron chi connectivity index (χ0n) is 7.07. The molecule has 2 aromatic rings. The maximum Gasteiger partial charge on any atom is 0.0931 e. The van der Waals surface area contributed by atoms with Crippen LogP contribution in [0.1, 0.15) is 5.56 Å². The van der Waals surface area contributed by atoms with Crippen LogP contribution in [-0.2, 0) is 5.75 Å². The topological polar surface area (TPSA) is 38.9 Å². The van der Waals surface area contributed by atoms with Crippen molar-refractivity contribution in [2.75, 3.05) is 5.73 Å². The first-order valence-electron chi connectivity index (χ1n) is 4.05. The minimum atomic E-state index is 0.703. The Morgan fingerprint density at radius 2 is 2.23 bits per heavy atom. The van der Waals surface area contributed by atoms with Gasteiger partial charge in [-0.25, -0.2) is 0 Å². The van der Waals surface area contributed by atoms with Gasteiger partial charge in [-0.1, -0.05) is 6.07 Å². The number of nitrogens with zero attached hydrogens (tertiary/aromatic N) is 1. The zero-order valence-corrected chi connectivity index (χ0v) is 7.96. The number of anilines is 1. The molecule has 1 aromatic heterocycles. The molecule has 0 spiro atoms. The second-order valence-electron chi connectivity index (χ2n) is 2.92. The van der Waals surface area contributed by atoms with Gasteiger partial charge >= 0.3 is 0 Å². The van der Waals surface area contributed by atoms with Gasteiger partial charge in [0.2, 0.25) is 0 Å². The van der Waals surface area contributed by atoms with E-state index in [2.05, 4.69) is 23.7 Å². The van der Waals surface area contributed by atoms with Crippen LogP contribution in [0.15, 0.2) is 30.5 Å². The fraction of sp³-hybridized carbons (Fsp3) is 0.100. The second-order valence-corrected chi connectivity index (χ2v) is 3.23. The molecular weight excluding hydrogens is 180 g/mol. The molecule has 2 nitrogen and oxygen atoms in total. The highest BCUT2D eigenvalue weighted by molar-refractivity contribution is 7.79. The first-order valence-corrected chi connectivity index (χ1v) is 4.68. The second kappa shape index (κ2) is 3.26. The Hall–Kier alpha value is -1.22. The molecule has 2 N–H and O–H groups in total. The largest absolute Gasteiger partial charge is 0.397 e. The number of rotatable bonds is 1. The molecule has 2 rings (SSSR count). The molecule has 66 valence electrons. The highest BCUT2D eigenvalue weighted by atomic mass is 32.1.